The summed E-state index contributed by atoms with van der Waals surface area (Å²) in [4.78, 5) is 0. The van der Waals surface area contributed by atoms with Crippen molar-refractivity contribution in [1.29, 1.82) is 0 Å². The lowest BCUT2D eigenvalue weighted by atomic mass is 10.4. The number of aliphatic hydroxyl groups excluding tert-OH is 1. The highest BCUT2D eigenvalue weighted by molar-refractivity contribution is 4.78. The number of aliphatic hydroxyl groups is 1. The van der Waals surface area contributed by atoms with Crippen LogP contribution in [0.15, 0.2) is 12.2 Å². The van der Waals surface area contributed by atoms with Crippen molar-refractivity contribution in [3.63, 3.8) is 0 Å². The summed E-state index contributed by atoms with van der Waals surface area (Å²) in [7, 11) is 0. The molecule has 78 valence electrons. The van der Waals surface area contributed by atoms with E-state index in [4.69, 9.17) is 5.11 Å². The summed E-state index contributed by atoms with van der Waals surface area (Å²) in [5.74, 6) is 0. The van der Waals surface area contributed by atoms with Gasteiger partial charge in [-0.1, -0.05) is 12.2 Å². The van der Waals surface area contributed by atoms with Crippen molar-refractivity contribution in [2.75, 3.05) is 32.8 Å². The second-order valence-corrected chi connectivity index (χ2v) is 2.95. The molecule has 0 saturated carbocycles. The second-order valence-electron chi connectivity index (χ2n) is 2.95. The first-order valence-electron chi connectivity index (χ1n) is 5.05. The van der Waals surface area contributed by atoms with Crippen molar-refractivity contribution < 1.29 is 5.11 Å². The molecule has 0 spiro atoms. The predicted molar refractivity (Wildman–Crippen MR) is 56.9 cm³/mol. The van der Waals surface area contributed by atoms with Crippen LogP contribution in [-0.2, 0) is 0 Å². The van der Waals surface area contributed by atoms with Crippen molar-refractivity contribution in [2.45, 2.75) is 19.8 Å². The number of rotatable bonds is 4. The van der Waals surface area contributed by atoms with Crippen LogP contribution in [0.1, 0.15) is 19.8 Å². The van der Waals surface area contributed by atoms with Crippen LogP contribution >= 0.6 is 0 Å². The minimum absolute atomic E-state index is 0.220. The van der Waals surface area contributed by atoms with E-state index in [1.165, 1.54) is 25.9 Å². The first-order valence-corrected chi connectivity index (χ1v) is 5.05. The third-order valence-corrected chi connectivity index (χ3v) is 1.74. The van der Waals surface area contributed by atoms with Crippen molar-refractivity contribution in [1.82, 2.24) is 10.6 Å². The average Bonchev–Trinajstić information content (AvgIpc) is 2.70. The van der Waals surface area contributed by atoms with Crippen LogP contribution in [0.25, 0.3) is 0 Å². The Hall–Kier alpha value is -0.380. The molecule has 3 nitrogen and oxygen atoms in total. The Bertz CT molecular complexity index is 104. The molecule has 0 amide bonds. The van der Waals surface area contributed by atoms with Crippen LogP contribution in [0.4, 0.5) is 0 Å². The Morgan fingerprint density at radius 1 is 1.38 bits per heavy atom. The fraction of sp³-hybridized carbons (Fsp3) is 0.800. The van der Waals surface area contributed by atoms with Crippen LogP contribution in [0.5, 0.6) is 0 Å². The highest BCUT2D eigenvalue weighted by Gasteiger charge is 1.93. The first-order chi connectivity index (χ1) is 6.41. The maximum Gasteiger partial charge on any atom is 0.0556 e. The van der Waals surface area contributed by atoms with Gasteiger partial charge in [-0.25, -0.2) is 0 Å². The Balaban J connectivity index is 0.000000243. The summed E-state index contributed by atoms with van der Waals surface area (Å²) in [6, 6.07) is 0. The van der Waals surface area contributed by atoms with Gasteiger partial charge < -0.3 is 15.7 Å². The topological polar surface area (TPSA) is 44.3 Å². The SMILES string of the molecule is C/C=C\CNCCO.C1CCNC1. The van der Waals surface area contributed by atoms with Gasteiger partial charge in [0.1, 0.15) is 0 Å². The molecule has 1 rings (SSSR count). The van der Waals surface area contributed by atoms with E-state index < -0.39 is 0 Å². The van der Waals surface area contributed by atoms with Gasteiger partial charge in [-0.05, 0) is 32.9 Å². The largest absolute Gasteiger partial charge is 0.395 e. The highest BCUT2D eigenvalue weighted by atomic mass is 16.3. The molecule has 1 fully saturated rings. The zero-order valence-corrected chi connectivity index (χ0v) is 8.55. The normalized spacial score (nSPS) is 15.8. The van der Waals surface area contributed by atoms with E-state index >= 15 is 0 Å². The molecule has 0 bridgehead atoms. The van der Waals surface area contributed by atoms with E-state index in [2.05, 4.69) is 10.6 Å². The molecule has 0 atom stereocenters. The Morgan fingerprint density at radius 2 is 2.08 bits per heavy atom. The number of allylic oxidation sites excluding steroid dienone is 1. The standard InChI is InChI=1S/C6H13NO.C4H9N/c1-2-3-4-7-5-6-8;1-2-4-5-3-1/h2-3,7-8H,4-6H2,1H3;5H,1-4H2/b3-2-;. The van der Waals surface area contributed by atoms with Crippen molar-refractivity contribution >= 4 is 0 Å². The third kappa shape index (κ3) is 11.6. The van der Waals surface area contributed by atoms with Gasteiger partial charge in [0.15, 0.2) is 0 Å². The lowest BCUT2D eigenvalue weighted by Gasteiger charge is -1.93. The van der Waals surface area contributed by atoms with Gasteiger partial charge in [0, 0.05) is 13.1 Å². The van der Waals surface area contributed by atoms with E-state index in [9.17, 15) is 0 Å². The molecule has 0 radical (unpaired) electrons. The van der Waals surface area contributed by atoms with E-state index in [1.807, 2.05) is 19.1 Å². The molecule has 0 unspecified atom stereocenters. The van der Waals surface area contributed by atoms with Crippen LogP contribution in [0.3, 0.4) is 0 Å². The fourth-order valence-electron chi connectivity index (χ4n) is 1.01. The van der Waals surface area contributed by atoms with Gasteiger partial charge in [-0.2, -0.15) is 0 Å². The van der Waals surface area contributed by atoms with Crippen molar-refractivity contribution in [3.05, 3.63) is 12.2 Å². The molecule has 1 saturated heterocycles. The molecular formula is C10H22N2O. The first kappa shape index (κ1) is 12.6. The van der Waals surface area contributed by atoms with Gasteiger partial charge in [-0.15, -0.1) is 0 Å². The lowest BCUT2D eigenvalue weighted by Crippen LogP contribution is -2.17. The maximum absolute atomic E-state index is 8.28. The van der Waals surface area contributed by atoms with E-state index in [0.717, 1.165) is 6.54 Å². The summed E-state index contributed by atoms with van der Waals surface area (Å²) < 4.78 is 0. The molecule has 1 aliphatic rings. The predicted octanol–water partition coefficient (Wildman–Crippen LogP) is 0.514. The van der Waals surface area contributed by atoms with Crippen molar-refractivity contribution in [2.24, 2.45) is 0 Å². The average molecular weight is 186 g/mol. The van der Waals surface area contributed by atoms with Gasteiger partial charge in [0.25, 0.3) is 0 Å². The molecule has 3 N–H and O–H groups in total. The molecule has 0 aromatic heterocycles. The zero-order chi connectivity index (χ0) is 9.78. The quantitative estimate of drug-likeness (QED) is 0.443. The smallest absolute Gasteiger partial charge is 0.0556 e. The fourth-order valence-corrected chi connectivity index (χ4v) is 1.01. The number of hydrogen-bond acceptors (Lipinski definition) is 3. The van der Waals surface area contributed by atoms with Crippen LogP contribution in [0.2, 0.25) is 0 Å². The van der Waals surface area contributed by atoms with Gasteiger partial charge in [-0.3, -0.25) is 0 Å². The summed E-state index contributed by atoms with van der Waals surface area (Å²) >= 11 is 0. The molecule has 13 heavy (non-hydrogen) atoms. The summed E-state index contributed by atoms with van der Waals surface area (Å²) in [6.07, 6.45) is 6.76. The Kier molecular flexibility index (Phi) is 11.3. The van der Waals surface area contributed by atoms with Crippen LogP contribution in [-0.4, -0.2) is 37.9 Å². The van der Waals surface area contributed by atoms with Gasteiger partial charge >= 0.3 is 0 Å². The second kappa shape index (κ2) is 11.6. The Morgan fingerprint density at radius 3 is 2.46 bits per heavy atom. The Labute approximate surface area is 81.2 Å². The maximum atomic E-state index is 8.28. The molecule has 0 aromatic rings. The minimum atomic E-state index is 0.220. The lowest BCUT2D eigenvalue weighted by molar-refractivity contribution is 0.294. The summed E-state index contributed by atoms with van der Waals surface area (Å²) in [5.41, 5.74) is 0. The summed E-state index contributed by atoms with van der Waals surface area (Å²) in [6.45, 7) is 6.24. The molecule has 0 aliphatic carbocycles. The minimum Gasteiger partial charge on any atom is -0.395 e. The highest BCUT2D eigenvalue weighted by Crippen LogP contribution is 1.90. The molecule has 1 aliphatic heterocycles. The molecular weight excluding hydrogens is 164 g/mol. The molecule has 1 heterocycles. The van der Waals surface area contributed by atoms with E-state index in [-0.39, 0.29) is 6.61 Å². The van der Waals surface area contributed by atoms with Crippen LogP contribution in [0, 0.1) is 0 Å². The van der Waals surface area contributed by atoms with Gasteiger partial charge in [0.2, 0.25) is 0 Å². The van der Waals surface area contributed by atoms with Gasteiger partial charge in [0.05, 0.1) is 6.61 Å². The number of hydrogen-bond donors (Lipinski definition) is 3. The summed E-state index contributed by atoms with van der Waals surface area (Å²) in [5, 5.41) is 14.5. The van der Waals surface area contributed by atoms with E-state index in [1.54, 1.807) is 0 Å². The molecule has 0 aromatic carbocycles. The zero-order valence-electron chi connectivity index (χ0n) is 8.55. The monoisotopic (exact) mass is 186 g/mol. The number of nitrogens with one attached hydrogen (secondary N) is 2. The third-order valence-electron chi connectivity index (χ3n) is 1.74. The van der Waals surface area contributed by atoms with Crippen molar-refractivity contribution in [3.8, 4) is 0 Å². The van der Waals surface area contributed by atoms with Crippen LogP contribution < -0.4 is 10.6 Å². The molecule has 3 heteroatoms. The van der Waals surface area contributed by atoms with E-state index in [0.29, 0.717) is 6.54 Å².